The fourth-order valence-corrected chi connectivity index (χ4v) is 3.94. The number of nitrogens with one attached hydrogen (secondary N) is 1. The summed E-state index contributed by atoms with van der Waals surface area (Å²) in [4.78, 5) is 25.4. The van der Waals surface area contributed by atoms with E-state index in [0.717, 1.165) is 8.95 Å². The third-order valence-electron chi connectivity index (χ3n) is 4.68. The summed E-state index contributed by atoms with van der Waals surface area (Å²) in [6.45, 7) is -0.196. The van der Waals surface area contributed by atoms with E-state index in [2.05, 4.69) is 37.8 Å². The number of halogens is 5. The lowest BCUT2D eigenvalue weighted by Crippen LogP contribution is -2.36. The molecule has 0 aliphatic carbocycles. The largest absolute Gasteiger partial charge is 0.480 e. The van der Waals surface area contributed by atoms with Gasteiger partial charge in [-0.25, -0.2) is 4.79 Å². The van der Waals surface area contributed by atoms with Gasteiger partial charge in [-0.05, 0) is 62.3 Å². The first-order chi connectivity index (χ1) is 15.5. The molecule has 0 unspecified atom stereocenters. The van der Waals surface area contributed by atoms with Gasteiger partial charge in [0, 0.05) is 27.1 Å². The fraction of sp³-hybridized carbons (Fsp3) is 0.350. The Morgan fingerprint density at radius 3 is 2.70 bits per heavy atom. The molecular formula is C20H15Br2F3N2O5S. The maximum atomic E-state index is 13.1. The third kappa shape index (κ3) is 6.13. The Labute approximate surface area is 207 Å². The number of nitrogens with zero attached hydrogens (tertiary/aromatic N) is 1. The lowest BCUT2D eigenvalue weighted by atomic mass is 10.2. The highest BCUT2D eigenvalue weighted by Crippen LogP contribution is 2.32. The Kier molecular flexibility index (Phi) is 8.17. The fourth-order valence-electron chi connectivity index (χ4n) is 3.12. The van der Waals surface area contributed by atoms with Crippen LogP contribution in [0.25, 0.3) is 0 Å². The van der Waals surface area contributed by atoms with Crippen molar-refractivity contribution in [1.82, 2.24) is 9.55 Å². The van der Waals surface area contributed by atoms with Gasteiger partial charge in [0.2, 0.25) is 0 Å². The molecule has 176 valence electrons. The van der Waals surface area contributed by atoms with E-state index >= 15 is 0 Å². The minimum Gasteiger partial charge on any atom is -0.480 e. The second-order valence-electron chi connectivity index (χ2n) is 6.85. The molecular weight excluding hydrogens is 597 g/mol. The van der Waals surface area contributed by atoms with Gasteiger partial charge < -0.3 is 14.2 Å². The van der Waals surface area contributed by atoms with E-state index in [9.17, 15) is 22.8 Å². The summed E-state index contributed by atoms with van der Waals surface area (Å²) >= 11 is 12.0. The maximum Gasteiger partial charge on any atom is 0.423 e. The molecule has 1 fully saturated rings. The van der Waals surface area contributed by atoms with Crippen LogP contribution in [0.5, 0.6) is 0 Å². The van der Waals surface area contributed by atoms with Crippen molar-refractivity contribution in [1.29, 1.82) is 0 Å². The Morgan fingerprint density at radius 2 is 2.06 bits per heavy atom. The van der Waals surface area contributed by atoms with Crippen molar-refractivity contribution in [3.8, 4) is 12.3 Å². The van der Waals surface area contributed by atoms with E-state index in [0.29, 0.717) is 16.3 Å². The number of benzene rings is 1. The topological polar surface area (TPSA) is 82.6 Å². The van der Waals surface area contributed by atoms with Crippen molar-refractivity contribution in [2.75, 3.05) is 13.2 Å². The molecule has 3 atom stereocenters. The number of aromatic amines is 1. The van der Waals surface area contributed by atoms with Gasteiger partial charge in [0.15, 0.2) is 5.05 Å². The predicted octanol–water partition coefficient (Wildman–Crippen LogP) is 3.78. The minimum atomic E-state index is -4.95. The van der Waals surface area contributed by atoms with E-state index in [1.807, 2.05) is 0 Å². The lowest BCUT2D eigenvalue weighted by Gasteiger charge is -2.19. The molecule has 1 N–H and O–H groups in total. The Bertz CT molecular complexity index is 1210. The average Bonchev–Trinajstić information content (AvgIpc) is 3.14. The monoisotopic (exact) mass is 610 g/mol. The first-order valence-electron chi connectivity index (χ1n) is 9.26. The van der Waals surface area contributed by atoms with Gasteiger partial charge in [-0.3, -0.25) is 14.3 Å². The molecule has 0 bridgehead atoms. The zero-order valence-electron chi connectivity index (χ0n) is 16.5. The first-order valence-corrected chi connectivity index (χ1v) is 11.3. The SMILES string of the molecule is C#CCO[C@H]1C[C@H](n2cc(C(F)(F)F)c(=O)[nH]c2=O)O[C@@H]1COC(=S)c1ccc(Br)c(Br)c1. The number of thiocarbonyl (C=S) groups is 1. The summed E-state index contributed by atoms with van der Waals surface area (Å²) in [5.74, 6) is 2.30. The zero-order chi connectivity index (χ0) is 24.3. The molecule has 33 heavy (non-hydrogen) atoms. The molecule has 1 aromatic heterocycles. The van der Waals surface area contributed by atoms with E-state index < -0.39 is 41.4 Å². The van der Waals surface area contributed by atoms with E-state index in [-0.39, 0.29) is 24.7 Å². The average molecular weight is 612 g/mol. The number of terminal acetylenes is 1. The van der Waals surface area contributed by atoms with Gasteiger partial charge >= 0.3 is 11.9 Å². The molecule has 7 nitrogen and oxygen atoms in total. The molecule has 0 radical (unpaired) electrons. The van der Waals surface area contributed by atoms with Crippen molar-refractivity contribution in [3.63, 3.8) is 0 Å². The van der Waals surface area contributed by atoms with Gasteiger partial charge in [-0.2, -0.15) is 13.2 Å². The van der Waals surface area contributed by atoms with Crippen LogP contribution in [0.3, 0.4) is 0 Å². The number of alkyl halides is 3. The number of aromatic nitrogens is 2. The molecule has 0 amide bonds. The first kappa shape index (κ1) is 25.6. The van der Waals surface area contributed by atoms with Crippen molar-refractivity contribution in [3.05, 3.63) is 65.3 Å². The Hall–Kier alpha value is -1.98. The molecule has 2 aromatic rings. The number of hydrogen-bond donors (Lipinski definition) is 1. The molecule has 0 spiro atoms. The molecule has 1 saturated heterocycles. The summed E-state index contributed by atoms with van der Waals surface area (Å²) in [7, 11) is 0. The van der Waals surface area contributed by atoms with Gasteiger partial charge in [0.05, 0.1) is 6.10 Å². The number of rotatable bonds is 6. The Balaban J connectivity index is 1.79. The molecule has 13 heteroatoms. The van der Waals surface area contributed by atoms with Crippen LogP contribution in [0.15, 0.2) is 42.9 Å². The normalized spacial score (nSPS) is 20.4. The highest BCUT2D eigenvalue weighted by Gasteiger charge is 2.40. The van der Waals surface area contributed by atoms with E-state index in [1.54, 1.807) is 23.2 Å². The smallest absolute Gasteiger partial charge is 0.423 e. The number of H-pyrrole nitrogens is 1. The van der Waals surface area contributed by atoms with Crippen molar-refractivity contribution < 1.29 is 27.4 Å². The highest BCUT2D eigenvalue weighted by molar-refractivity contribution is 9.13. The second kappa shape index (κ2) is 10.5. The highest BCUT2D eigenvalue weighted by atomic mass is 79.9. The standard InChI is InChI=1S/C20H15Br2F3N2O5S/c1-2-5-30-14-7-16(27-8-11(20(23,24)25)17(28)26-19(27)29)32-15(14)9-31-18(33)10-3-4-12(21)13(22)6-10/h1,3-4,6,8,14-16H,5,7,9H2,(H,26,28,29)/t14-,15+,16+/m0/s1. The molecule has 0 saturated carbocycles. The van der Waals surface area contributed by atoms with Crippen LogP contribution in [0.4, 0.5) is 13.2 Å². The van der Waals surface area contributed by atoms with Crippen molar-refractivity contribution in [2.24, 2.45) is 0 Å². The Morgan fingerprint density at radius 1 is 1.33 bits per heavy atom. The van der Waals surface area contributed by atoms with Gasteiger partial charge in [0.25, 0.3) is 5.56 Å². The summed E-state index contributed by atoms with van der Waals surface area (Å²) in [5, 5.41) is 0.159. The van der Waals surface area contributed by atoms with Crippen LogP contribution in [0.1, 0.15) is 23.8 Å². The predicted molar refractivity (Wildman–Crippen MR) is 123 cm³/mol. The summed E-state index contributed by atoms with van der Waals surface area (Å²) in [6.07, 6.45) is -1.94. The molecule has 2 heterocycles. The van der Waals surface area contributed by atoms with Gasteiger partial charge in [0.1, 0.15) is 31.1 Å². The van der Waals surface area contributed by atoms with E-state index in [1.165, 1.54) is 0 Å². The van der Waals surface area contributed by atoms with Crippen LogP contribution >= 0.6 is 44.1 Å². The second-order valence-corrected chi connectivity index (χ2v) is 8.93. The quantitative estimate of drug-likeness (QED) is 0.396. The van der Waals surface area contributed by atoms with Crippen molar-refractivity contribution in [2.45, 2.75) is 31.0 Å². The molecule has 1 aliphatic heterocycles. The van der Waals surface area contributed by atoms with Crippen LogP contribution < -0.4 is 11.2 Å². The zero-order valence-corrected chi connectivity index (χ0v) is 20.5. The van der Waals surface area contributed by atoms with Gasteiger partial charge in [-0.15, -0.1) is 6.42 Å². The van der Waals surface area contributed by atoms with Crippen LogP contribution in [0.2, 0.25) is 0 Å². The van der Waals surface area contributed by atoms with Crippen molar-refractivity contribution >= 4 is 49.1 Å². The maximum absolute atomic E-state index is 13.1. The minimum absolute atomic E-state index is 0.00442. The van der Waals surface area contributed by atoms with Crippen LogP contribution in [-0.2, 0) is 20.4 Å². The number of ether oxygens (including phenoxy) is 3. The number of hydrogen-bond acceptors (Lipinski definition) is 6. The van der Waals surface area contributed by atoms with Crippen LogP contribution in [-0.4, -0.2) is 40.0 Å². The molecule has 3 rings (SSSR count). The lowest BCUT2D eigenvalue weighted by molar-refractivity contribution is -0.139. The van der Waals surface area contributed by atoms with E-state index in [4.69, 9.17) is 32.9 Å². The van der Waals surface area contributed by atoms with Crippen LogP contribution in [0, 0.1) is 12.3 Å². The molecule has 1 aliphatic rings. The molecule has 1 aromatic carbocycles. The summed E-state index contributed by atoms with van der Waals surface area (Å²) in [5.41, 5.74) is -3.49. The summed E-state index contributed by atoms with van der Waals surface area (Å²) in [6, 6.07) is 5.26. The third-order valence-corrected chi connectivity index (χ3v) is 6.91. The van der Waals surface area contributed by atoms with Gasteiger partial charge in [-0.1, -0.05) is 5.92 Å². The summed E-state index contributed by atoms with van der Waals surface area (Å²) < 4.78 is 58.6.